The number of imidazole rings is 1. The molecule has 0 saturated carbocycles. The van der Waals surface area contributed by atoms with E-state index < -0.39 is 10.1 Å². The number of methoxy groups -OCH3 is 1. The lowest BCUT2D eigenvalue weighted by atomic mass is 10.2. The van der Waals surface area contributed by atoms with Crippen molar-refractivity contribution in [1.82, 2.24) is 19.9 Å². The van der Waals surface area contributed by atoms with Crippen molar-refractivity contribution in [1.29, 1.82) is 0 Å². The Morgan fingerprint density at radius 1 is 1.22 bits per heavy atom. The van der Waals surface area contributed by atoms with Crippen LogP contribution in [0.1, 0.15) is 0 Å². The molecule has 0 aliphatic rings. The van der Waals surface area contributed by atoms with Crippen LogP contribution < -0.4 is 14.5 Å². The first-order valence-electron chi connectivity index (χ1n) is 6.38. The topological polar surface area (TPSA) is 127 Å². The van der Waals surface area contributed by atoms with Gasteiger partial charge < -0.3 is 18.9 Å². The smallest absolute Gasteiger partial charge is 0.306 e. The van der Waals surface area contributed by atoms with Gasteiger partial charge in [-0.3, -0.25) is 4.79 Å². The molecule has 1 aromatic carbocycles. The number of fused-ring (bicyclic) bond motifs is 1. The first kappa shape index (κ1) is 15.0. The number of aromatic nitrogens is 4. The van der Waals surface area contributed by atoms with Crippen LogP contribution in [0, 0.1) is 0 Å². The number of benzene rings is 1. The van der Waals surface area contributed by atoms with Crippen LogP contribution in [0.25, 0.3) is 22.7 Å². The molecule has 2 N–H and O–H groups in total. The van der Waals surface area contributed by atoms with Crippen LogP contribution in [-0.4, -0.2) is 41.7 Å². The summed E-state index contributed by atoms with van der Waals surface area (Å²) in [5, 5.41) is 0. The molecule has 3 rings (SSSR count). The predicted octanol–water partition coefficient (Wildman–Crippen LogP) is 0.660. The lowest BCUT2D eigenvalue weighted by Crippen LogP contribution is -2.05. The molecule has 23 heavy (non-hydrogen) atoms. The molecule has 0 spiro atoms. The van der Waals surface area contributed by atoms with Crippen molar-refractivity contribution in [3.05, 3.63) is 34.7 Å². The Kier molecular flexibility index (Phi) is 3.52. The van der Waals surface area contributed by atoms with Gasteiger partial charge in [-0.1, -0.05) is 0 Å². The van der Waals surface area contributed by atoms with Crippen molar-refractivity contribution in [3.63, 3.8) is 0 Å². The van der Waals surface area contributed by atoms with Gasteiger partial charge in [-0.15, -0.1) is 0 Å². The van der Waals surface area contributed by atoms with Crippen molar-refractivity contribution in [3.8, 4) is 22.9 Å². The van der Waals surface area contributed by atoms with E-state index in [2.05, 4.69) is 19.9 Å². The normalized spacial score (nSPS) is 11.6. The average molecular weight is 336 g/mol. The van der Waals surface area contributed by atoms with Gasteiger partial charge in [-0.25, -0.2) is 9.97 Å². The van der Waals surface area contributed by atoms with E-state index in [1.807, 2.05) is 0 Å². The van der Waals surface area contributed by atoms with Crippen LogP contribution >= 0.6 is 0 Å². The highest BCUT2D eigenvalue weighted by molar-refractivity contribution is 7.86. The van der Waals surface area contributed by atoms with Gasteiger partial charge in [0.25, 0.3) is 5.56 Å². The van der Waals surface area contributed by atoms with Gasteiger partial charge in [-0.05, 0) is 12.1 Å². The Bertz CT molecular complexity index is 1040. The van der Waals surface area contributed by atoms with Crippen LogP contribution in [0.3, 0.4) is 0 Å². The van der Waals surface area contributed by atoms with E-state index in [1.54, 1.807) is 6.07 Å². The second-order valence-corrected chi connectivity index (χ2v) is 6.26. The standard InChI is InChI=1S/C13H12N4O5S/c1-21-9-5-7(22-23(2,19)20)3-4-8(9)11-16-12-13(17-11)15-10(18)6-14-12/h3-6H,1-2H3,(H2,14,15,16,17,18). The largest absolute Gasteiger partial charge is 0.496 e. The lowest BCUT2D eigenvalue weighted by Gasteiger charge is -2.09. The van der Waals surface area contributed by atoms with Crippen LogP contribution in [0.4, 0.5) is 0 Å². The van der Waals surface area contributed by atoms with Gasteiger partial charge in [-0.2, -0.15) is 8.42 Å². The predicted molar refractivity (Wildman–Crippen MR) is 82.0 cm³/mol. The number of nitrogens with one attached hydrogen (secondary N) is 2. The summed E-state index contributed by atoms with van der Waals surface area (Å²) in [5.41, 5.74) is 0.938. The minimum Gasteiger partial charge on any atom is -0.496 e. The lowest BCUT2D eigenvalue weighted by molar-refractivity contribution is 0.413. The second kappa shape index (κ2) is 5.39. The maximum Gasteiger partial charge on any atom is 0.306 e. The van der Waals surface area contributed by atoms with Crippen LogP contribution in [0.2, 0.25) is 0 Å². The first-order chi connectivity index (χ1) is 10.9. The molecule has 2 aromatic heterocycles. The van der Waals surface area contributed by atoms with Crippen molar-refractivity contribution in [2.45, 2.75) is 0 Å². The highest BCUT2D eigenvalue weighted by Gasteiger charge is 2.14. The zero-order chi connectivity index (χ0) is 16.6. The van der Waals surface area contributed by atoms with Crippen LogP contribution in [0.15, 0.2) is 29.2 Å². The fraction of sp³-hybridized carbons (Fsp3) is 0.154. The fourth-order valence-corrected chi connectivity index (χ4v) is 2.49. The molecule has 0 aliphatic carbocycles. The molecule has 0 bridgehead atoms. The van der Waals surface area contributed by atoms with Gasteiger partial charge in [0, 0.05) is 6.07 Å². The average Bonchev–Trinajstić information content (AvgIpc) is 2.88. The zero-order valence-corrected chi connectivity index (χ0v) is 13.0. The molecular formula is C13H12N4O5S. The third-order valence-corrected chi connectivity index (χ3v) is 3.41. The van der Waals surface area contributed by atoms with Gasteiger partial charge in [0.05, 0.1) is 25.1 Å². The molecule has 0 radical (unpaired) electrons. The van der Waals surface area contributed by atoms with E-state index in [-0.39, 0.29) is 11.3 Å². The fourth-order valence-electron chi connectivity index (χ4n) is 2.04. The number of hydrogen-bond donors (Lipinski definition) is 2. The molecule has 0 aliphatic heterocycles. The van der Waals surface area contributed by atoms with E-state index in [9.17, 15) is 13.2 Å². The molecule has 2 heterocycles. The van der Waals surface area contributed by atoms with Gasteiger partial charge in [0.1, 0.15) is 17.3 Å². The molecule has 120 valence electrons. The SMILES string of the molecule is COc1cc(OS(C)(=O)=O)ccc1-c1nc2ncc(=O)[nH]c2[nH]1. The molecule has 10 heteroatoms. The van der Waals surface area contributed by atoms with E-state index in [1.165, 1.54) is 19.2 Å². The number of nitrogens with zero attached hydrogens (tertiary/aromatic N) is 2. The summed E-state index contributed by atoms with van der Waals surface area (Å²) in [4.78, 5) is 25.0. The van der Waals surface area contributed by atoms with Crippen LogP contribution in [0.5, 0.6) is 11.5 Å². The molecule has 0 atom stereocenters. The number of ether oxygens (including phenoxy) is 1. The third-order valence-electron chi connectivity index (χ3n) is 2.91. The maximum absolute atomic E-state index is 11.3. The third kappa shape index (κ3) is 3.16. The quantitative estimate of drug-likeness (QED) is 0.670. The maximum atomic E-state index is 11.3. The minimum absolute atomic E-state index is 0.121. The van der Waals surface area contributed by atoms with Crippen molar-refractivity contribution in [2.75, 3.05) is 13.4 Å². The van der Waals surface area contributed by atoms with E-state index in [0.29, 0.717) is 28.4 Å². The first-order valence-corrected chi connectivity index (χ1v) is 8.20. The Hall–Kier alpha value is -2.88. The Balaban J connectivity index is 2.08. The second-order valence-electron chi connectivity index (χ2n) is 4.68. The van der Waals surface area contributed by atoms with Crippen molar-refractivity contribution >= 4 is 21.4 Å². The van der Waals surface area contributed by atoms with Crippen molar-refractivity contribution in [2.24, 2.45) is 0 Å². The molecule has 0 saturated heterocycles. The highest BCUT2D eigenvalue weighted by atomic mass is 32.2. The number of rotatable bonds is 4. The van der Waals surface area contributed by atoms with Gasteiger partial charge in [0.2, 0.25) is 0 Å². The summed E-state index contributed by atoms with van der Waals surface area (Å²) in [6.45, 7) is 0. The van der Waals surface area contributed by atoms with E-state index in [4.69, 9.17) is 8.92 Å². The summed E-state index contributed by atoms with van der Waals surface area (Å²) < 4.78 is 32.4. The molecule has 9 nitrogen and oxygen atoms in total. The molecule has 0 amide bonds. The Labute approximate surface area is 130 Å². The summed E-state index contributed by atoms with van der Waals surface area (Å²) in [5.74, 6) is 0.889. The molecular weight excluding hydrogens is 324 g/mol. The Morgan fingerprint density at radius 2 is 2.00 bits per heavy atom. The molecule has 0 unspecified atom stereocenters. The van der Waals surface area contributed by atoms with Gasteiger partial charge >= 0.3 is 10.1 Å². The zero-order valence-electron chi connectivity index (χ0n) is 12.2. The Morgan fingerprint density at radius 3 is 2.70 bits per heavy atom. The van der Waals surface area contributed by atoms with Crippen molar-refractivity contribution < 1.29 is 17.3 Å². The monoisotopic (exact) mass is 336 g/mol. The number of aromatic amines is 2. The number of H-pyrrole nitrogens is 2. The van der Waals surface area contributed by atoms with Gasteiger partial charge in [0.15, 0.2) is 11.3 Å². The van der Waals surface area contributed by atoms with E-state index in [0.717, 1.165) is 12.5 Å². The minimum atomic E-state index is -3.63. The summed E-state index contributed by atoms with van der Waals surface area (Å²) >= 11 is 0. The molecule has 0 fully saturated rings. The van der Waals surface area contributed by atoms with Crippen LogP contribution in [-0.2, 0) is 10.1 Å². The summed E-state index contributed by atoms with van der Waals surface area (Å²) in [7, 11) is -2.20. The summed E-state index contributed by atoms with van der Waals surface area (Å²) in [6, 6.07) is 4.50. The molecule has 3 aromatic rings. The summed E-state index contributed by atoms with van der Waals surface area (Å²) in [6.07, 6.45) is 2.09. The van der Waals surface area contributed by atoms with E-state index >= 15 is 0 Å². The highest BCUT2D eigenvalue weighted by Crippen LogP contribution is 2.32. The number of hydrogen-bond acceptors (Lipinski definition) is 7.